The number of imide groups is 1. The molecule has 1 aliphatic rings. The maximum absolute atomic E-state index is 12.1. The van der Waals surface area contributed by atoms with E-state index in [1.54, 1.807) is 24.3 Å². The number of carbonyl (C=O) groups is 2. The lowest BCUT2D eigenvalue weighted by atomic mass is 10.0. The Labute approximate surface area is 99.6 Å². The summed E-state index contributed by atoms with van der Waals surface area (Å²) in [5.41, 5.74) is 6.71. The Morgan fingerprint density at radius 2 is 1.82 bits per heavy atom. The van der Waals surface area contributed by atoms with Crippen molar-refractivity contribution in [2.75, 3.05) is 10.6 Å². The molecule has 0 aliphatic carbocycles. The van der Waals surface area contributed by atoms with E-state index < -0.39 is 6.04 Å². The fourth-order valence-corrected chi connectivity index (χ4v) is 1.82. The average molecular weight is 233 g/mol. The summed E-state index contributed by atoms with van der Waals surface area (Å²) in [6.07, 6.45) is 0. The van der Waals surface area contributed by atoms with Crippen molar-refractivity contribution >= 4 is 23.3 Å². The van der Waals surface area contributed by atoms with Crippen molar-refractivity contribution in [1.82, 2.24) is 5.32 Å². The second-order valence-electron chi connectivity index (χ2n) is 4.44. The summed E-state index contributed by atoms with van der Waals surface area (Å²) in [7, 11) is 0. The van der Waals surface area contributed by atoms with Crippen LogP contribution in [0.3, 0.4) is 0 Å². The smallest absolute Gasteiger partial charge is 0.329 e. The standard InChI is InChI=1S/C12H15N3O2/c1-7(2)10-11(16)15(12(17)14-10)9-5-3-8(13)4-6-9/h3-7,10H,13H2,1-2H3,(H,14,17)/t10-/m0/s1. The maximum Gasteiger partial charge on any atom is 0.329 e. The highest BCUT2D eigenvalue weighted by Crippen LogP contribution is 2.22. The van der Waals surface area contributed by atoms with Crippen LogP contribution >= 0.6 is 0 Å². The molecule has 0 saturated carbocycles. The zero-order valence-corrected chi connectivity index (χ0v) is 9.81. The van der Waals surface area contributed by atoms with Crippen LogP contribution in [0.25, 0.3) is 0 Å². The van der Waals surface area contributed by atoms with Gasteiger partial charge in [0.15, 0.2) is 0 Å². The van der Waals surface area contributed by atoms with Gasteiger partial charge in [-0.3, -0.25) is 4.79 Å². The Kier molecular flexibility index (Phi) is 2.75. The molecule has 5 heteroatoms. The summed E-state index contributed by atoms with van der Waals surface area (Å²) in [5.74, 6) is -0.139. The van der Waals surface area contributed by atoms with E-state index in [1.165, 1.54) is 0 Å². The molecule has 0 unspecified atom stereocenters. The number of anilines is 2. The van der Waals surface area contributed by atoms with Crippen molar-refractivity contribution in [3.8, 4) is 0 Å². The lowest BCUT2D eigenvalue weighted by molar-refractivity contribution is -0.119. The fourth-order valence-electron chi connectivity index (χ4n) is 1.82. The van der Waals surface area contributed by atoms with E-state index in [4.69, 9.17) is 5.73 Å². The molecule has 17 heavy (non-hydrogen) atoms. The number of urea groups is 1. The number of nitrogens with two attached hydrogens (primary N) is 1. The molecule has 3 amide bonds. The van der Waals surface area contributed by atoms with Gasteiger partial charge in [0.05, 0.1) is 5.69 Å². The monoisotopic (exact) mass is 233 g/mol. The van der Waals surface area contributed by atoms with E-state index in [2.05, 4.69) is 5.32 Å². The number of hydrogen-bond acceptors (Lipinski definition) is 3. The number of amides is 3. The summed E-state index contributed by atoms with van der Waals surface area (Å²) in [6, 6.07) is 5.83. The van der Waals surface area contributed by atoms with Crippen molar-refractivity contribution < 1.29 is 9.59 Å². The van der Waals surface area contributed by atoms with Gasteiger partial charge in [0.1, 0.15) is 6.04 Å². The number of nitrogen functional groups attached to an aromatic ring is 1. The van der Waals surface area contributed by atoms with E-state index in [0.717, 1.165) is 4.90 Å². The molecule has 1 aromatic rings. The summed E-state index contributed by atoms with van der Waals surface area (Å²) in [5, 5.41) is 2.67. The van der Waals surface area contributed by atoms with Gasteiger partial charge < -0.3 is 11.1 Å². The normalized spacial score (nSPS) is 19.9. The number of nitrogens with zero attached hydrogens (tertiary/aromatic N) is 1. The van der Waals surface area contributed by atoms with Gasteiger partial charge in [0, 0.05) is 5.69 Å². The van der Waals surface area contributed by atoms with Gasteiger partial charge in [-0.25, -0.2) is 9.69 Å². The highest BCUT2D eigenvalue weighted by molar-refractivity contribution is 6.21. The van der Waals surface area contributed by atoms with Gasteiger partial charge in [0.2, 0.25) is 0 Å². The highest BCUT2D eigenvalue weighted by Gasteiger charge is 2.40. The molecular weight excluding hydrogens is 218 g/mol. The Hall–Kier alpha value is -2.04. The van der Waals surface area contributed by atoms with E-state index >= 15 is 0 Å². The molecule has 1 saturated heterocycles. The van der Waals surface area contributed by atoms with E-state index in [9.17, 15) is 9.59 Å². The zero-order chi connectivity index (χ0) is 12.6. The number of hydrogen-bond donors (Lipinski definition) is 2. The molecule has 3 N–H and O–H groups in total. The van der Waals surface area contributed by atoms with Crippen LogP contribution in [0.15, 0.2) is 24.3 Å². The molecule has 2 rings (SSSR count). The number of carbonyl (C=O) groups excluding carboxylic acids is 2. The topological polar surface area (TPSA) is 75.4 Å². The van der Waals surface area contributed by atoms with Crippen molar-refractivity contribution in [3.63, 3.8) is 0 Å². The second kappa shape index (κ2) is 4.08. The van der Waals surface area contributed by atoms with Gasteiger partial charge in [-0.05, 0) is 30.2 Å². The molecule has 1 aliphatic heterocycles. The number of rotatable bonds is 2. The lowest BCUT2D eigenvalue weighted by Crippen LogP contribution is -2.34. The number of benzene rings is 1. The zero-order valence-electron chi connectivity index (χ0n) is 9.81. The van der Waals surface area contributed by atoms with Crippen LogP contribution in [0, 0.1) is 5.92 Å². The third kappa shape index (κ3) is 1.95. The summed E-state index contributed by atoms with van der Waals surface area (Å²) >= 11 is 0. The molecule has 5 nitrogen and oxygen atoms in total. The predicted molar refractivity (Wildman–Crippen MR) is 65.5 cm³/mol. The van der Waals surface area contributed by atoms with Crippen LogP contribution in [-0.4, -0.2) is 18.0 Å². The third-order valence-electron chi connectivity index (χ3n) is 2.79. The first-order valence-corrected chi connectivity index (χ1v) is 5.50. The van der Waals surface area contributed by atoms with Gasteiger partial charge >= 0.3 is 6.03 Å². The molecule has 1 atom stereocenters. The van der Waals surface area contributed by atoms with Crippen molar-refractivity contribution in [2.45, 2.75) is 19.9 Å². The predicted octanol–water partition coefficient (Wildman–Crippen LogP) is 1.35. The fraction of sp³-hybridized carbons (Fsp3) is 0.333. The van der Waals surface area contributed by atoms with Crippen LogP contribution in [0.2, 0.25) is 0 Å². The molecule has 90 valence electrons. The number of nitrogens with one attached hydrogen (secondary N) is 1. The van der Waals surface area contributed by atoms with Crippen LogP contribution in [0.4, 0.5) is 16.2 Å². The van der Waals surface area contributed by atoms with Crippen LogP contribution in [0.5, 0.6) is 0 Å². The van der Waals surface area contributed by atoms with Crippen molar-refractivity contribution in [2.24, 2.45) is 5.92 Å². The first-order chi connectivity index (χ1) is 8.00. The van der Waals surface area contributed by atoms with Gasteiger partial charge in [-0.1, -0.05) is 13.8 Å². The quantitative estimate of drug-likeness (QED) is 0.598. The Morgan fingerprint density at radius 3 is 2.29 bits per heavy atom. The minimum absolute atomic E-state index is 0.0743. The molecule has 0 spiro atoms. The maximum atomic E-state index is 12.1. The van der Waals surface area contributed by atoms with Crippen molar-refractivity contribution in [1.29, 1.82) is 0 Å². The van der Waals surface area contributed by atoms with E-state index in [0.29, 0.717) is 11.4 Å². The summed E-state index contributed by atoms with van der Waals surface area (Å²) in [6.45, 7) is 3.80. The molecule has 0 aromatic heterocycles. The van der Waals surface area contributed by atoms with Crippen LogP contribution < -0.4 is 16.0 Å². The minimum Gasteiger partial charge on any atom is -0.399 e. The van der Waals surface area contributed by atoms with Crippen molar-refractivity contribution in [3.05, 3.63) is 24.3 Å². The summed E-state index contributed by atoms with van der Waals surface area (Å²) < 4.78 is 0. The molecule has 0 radical (unpaired) electrons. The van der Waals surface area contributed by atoms with Crippen LogP contribution in [-0.2, 0) is 4.79 Å². The Balaban J connectivity index is 2.30. The molecule has 1 aromatic carbocycles. The molecule has 0 bridgehead atoms. The molecule has 1 fully saturated rings. The third-order valence-corrected chi connectivity index (χ3v) is 2.79. The molecular formula is C12H15N3O2. The van der Waals surface area contributed by atoms with E-state index in [-0.39, 0.29) is 17.9 Å². The average Bonchev–Trinajstić information content (AvgIpc) is 2.56. The van der Waals surface area contributed by atoms with Crippen LogP contribution in [0.1, 0.15) is 13.8 Å². The lowest BCUT2D eigenvalue weighted by Gasteiger charge is -2.14. The second-order valence-corrected chi connectivity index (χ2v) is 4.44. The van der Waals surface area contributed by atoms with Gasteiger partial charge in [-0.2, -0.15) is 0 Å². The first kappa shape index (κ1) is 11.4. The first-order valence-electron chi connectivity index (χ1n) is 5.50. The Bertz CT molecular complexity index is 453. The minimum atomic E-state index is -0.444. The summed E-state index contributed by atoms with van der Waals surface area (Å²) in [4.78, 5) is 25.0. The Morgan fingerprint density at radius 1 is 1.24 bits per heavy atom. The van der Waals surface area contributed by atoms with Gasteiger partial charge in [0.25, 0.3) is 5.91 Å². The largest absolute Gasteiger partial charge is 0.399 e. The van der Waals surface area contributed by atoms with E-state index in [1.807, 2.05) is 13.8 Å². The highest BCUT2D eigenvalue weighted by atomic mass is 16.2. The SMILES string of the molecule is CC(C)[C@@H]1NC(=O)N(c2ccc(N)cc2)C1=O. The molecule has 1 heterocycles. The van der Waals surface area contributed by atoms with Gasteiger partial charge in [-0.15, -0.1) is 0 Å².